The second-order valence-electron chi connectivity index (χ2n) is 3.04. The van der Waals surface area contributed by atoms with Gasteiger partial charge in [-0.25, -0.2) is 0 Å². The third-order valence-electron chi connectivity index (χ3n) is 1.81. The number of hydrogen-bond donors (Lipinski definition) is 2. The molecule has 0 saturated heterocycles. The average Bonchev–Trinajstić information content (AvgIpc) is 2.08. The third kappa shape index (κ3) is 3.58. The maximum absolute atomic E-state index is 12.1. The third-order valence-corrected chi connectivity index (χ3v) is 2.07. The van der Waals surface area contributed by atoms with Gasteiger partial charge >= 0.3 is 12.4 Å². The van der Waals surface area contributed by atoms with E-state index >= 15 is 0 Å². The van der Waals surface area contributed by atoms with E-state index in [9.17, 15) is 26.3 Å². The standard InChI is InChI=1S/C8H10F6OS/c9-7(10,11)6(15,8(12,13)14)4-2-1-3-5-16/h1-2,15-16H,3-5H2/b2-1+. The van der Waals surface area contributed by atoms with E-state index in [0.717, 1.165) is 6.08 Å². The molecule has 0 fully saturated rings. The molecule has 0 unspecified atom stereocenters. The van der Waals surface area contributed by atoms with E-state index in [1.807, 2.05) is 0 Å². The zero-order chi connectivity index (χ0) is 13.0. The van der Waals surface area contributed by atoms with Gasteiger partial charge in [-0.1, -0.05) is 12.2 Å². The van der Waals surface area contributed by atoms with Crippen LogP contribution in [0.5, 0.6) is 0 Å². The van der Waals surface area contributed by atoms with Crippen LogP contribution in [0.4, 0.5) is 26.3 Å². The van der Waals surface area contributed by atoms with Crippen molar-refractivity contribution in [2.75, 3.05) is 5.75 Å². The number of hydrogen-bond acceptors (Lipinski definition) is 2. The fourth-order valence-corrected chi connectivity index (χ4v) is 0.988. The highest BCUT2D eigenvalue weighted by molar-refractivity contribution is 7.80. The quantitative estimate of drug-likeness (QED) is 0.456. The molecule has 0 aromatic rings. The van der Waals surface area contributed by atoms with Gasteiger partial charge in [-0.05, 0) is 12.2 Å². The van der Waals surface area contributed by atoms with Gasteiger partial charge in [0.1, 0.15) is 0 Å². The Balaban J connectivity index is 4.85. The van der Waals surface area contributed by atoms with Gasteiger partial charge in [-0.2, -0.15) is 39.0 Å². The highest BCUT2D eigenvalue weighted by Crippen LogP contribution is 2.45. The number of thiol groups is 1. The molecular formula is C8H10F6OS. The van der Waals surface area contributed by atoms with Crippen LogP contribution in [-0.4, -0.2) is 28.8 Å². The molecule has 0 atom stereocenters. The maximum Gasteiger partial charge on any atom is 0.426 e. The minimum absolute atomic E-state index is 0.231. The van der Waals surface area contributed by atoms with Crippen molar-refractivity contribution >= 4 is 12.6 Å². The van der Waals surface area contributed by atoms with Gasteiger partial charge in [0.25, 0.3) is 5.60 Å². The Hall–Kier alpha value is -0.370. The molecule has 0 bridgehead atoms. The van der Waals surface area contributed by atoms with Crippen molar-refractivity contribution < 1.29 is 31.4 Å². The van der Waals surface area contributed by atoms with E-state index in [1.165, 1.54) is 0 Å². The summed E-state index contributed by atoms with van der Waals surface area (Å²) in [5, 5.41) is 8.66. The van der Waals surface area contributed by atoms with Crippen LogP contribution >= 0.6 is 12.6 Å². The number of halogens is 6. The molecule has 0 spiro atoms. The van der Waals surface area contributed by atoms with Crippen LogP contribution in [-0.2, 0) is 0 Å². The summed E-state index contributed by atoms with van der Waals surface area (Å²) in [5.41, 5.74) is -4.69. The Morgan fingerprint density at radius 1 is 0.938 bits per heavy atom. The Kier molecular flexibility index (Phi) is 5.18. The fraction of sp³-hybridized carbons (Fsp3) is 0.750. The molecular weight excluding hydrogens is 258 g/mol. The summed E-state index contributed by atoms with van der Waals surface area (Å²) >= 11 is 3.72. The molecule has 0 rings (SSSR count). The van der Waals surface area contributed by atoms with Crippen LogP contribution < -0.4 is 0 Å². The van der Waals surface area contributed by atoms with Gasteiger partial charge in [-0.15, -0.1) is 0 Å². The van der Waals surface area contributed by atoms with Crippen LogP contribution in [0.3, 0.4) is 0 Å². The first-order valence-corrected chi connectivity index (χ1v) is 4.81. The molecule has 0 saturated carbocycles. The van der Waals surface area contributed by atoms with Crippen molar-refractivity contribution in [2.24, 2.45) is 0 Å². The molecule has 16 heavy (non-hydrogen) atoms. The molecule has 0 radical (unpaired) electrons. The summed E-state index contributed by atoms with van der Waals surface area (Å²) in [6.07, 6.45) is -11.1. The van der Waals surface area contributed by atoms with Gasteiger partial charge in [0.15, 0.2) is 0 Å². The molecule has 0 aliphatic heterocycles. The van der Waals surface area contributed by atoms with Gasteiger partial charge in [0.2, 0.25) is 0 Å². The lowest BCUT2D eigenvalue weighted by molar-refractivity contribution is -0.366. The first-order valence-electron chi connectivity index (χ1n) is 4.18. The van der Waals surface area contributed by atoms with Gasteiger partial charge in [-0.3, -0.25) is 0 Å². The van der Waals surface area contributed by atoms with Crippen molar-refractivity contribution in [1.29, 1.82) is 0 Å². The predicted octanol–water partition coefficient (Wildman–Crippen LogP) is 3.11. The molecule has 8 heteroatoms. The Morgan fingerprint density at radius 3 is 1.69 bits per heavy atom. The zero-order valence-corrected chi connectivity index (χ0v) is 8.83. The van der Waals surface area contributed by atoms with Crippen LogP contribution in [0.1, 0.15) is 12.8 Å². The first kappa shape index (κ1) is 15.6. The van der Waals surface area contributed by atoms with Crippen molar-refractivity contribution in [1.82, 2.24) is 0 Å². The summed E-state index contributed by atoms with van der Waals surface area (Å²) < 4.78 is 72.5. The zero-order valence-electron chi connectivity index (χ0n) is 7.94. The number of alkyl halides is 6. The smallest absolute Gasteiger partial charge is 0.373 e. The molecule has 0 aromatic carbocycles. The highest BCUT2D eigenvalue weighted by atomic mass is 32.1. The summed E-state index contributed by atoms with van der Waals surface area (Å²) in [6, 6.07) is 0. The van der Waals surface area contributed by atoms with E-state index < -0.39 is 24.4 Å². The molecule has 1 N–H and O–H groups in total. The number of allylic oxidation sites excluding steroid dienone is 1. The van der Waals surface area contributed by atoms with E-state index in [2.05, 4.69) is 12.6 Å². The Morgan fingerprint density at radius 2 is 1.38 bits per heavy atom. The average molecular weight is 268 g/mol. The van der Waals surface area contributed by atoms with E-state index in [4.69, 9.17) is 5.11 Å². The van der Waals surface area contributed by atoms with Crippen molar-refractivity contribution in [2.45, 2.75) is 30.8 Å². The molecule has 0 heterocycles. The van der Waals surface area contributed by atoms with Crippen LogP contribution in [0.2, 0.25) is 0 Å². The van der Waals surface area contributed by atoms with E-state index in [1.54, 1.807) is 0 Å². The topological polar surface area (TPSA) is 20.2 Å². The molecule has 0 aromatic heterocycles. The Bertz CT molecular complexity index is 230. The second kappa shape index (κ2) is 5.31. The van der Waals surface area contributed by atoms with Crippen molar-refractivity contribution in [3.05, 3.63) is 12.2 Å². The van der Waals surface area contributed by atoms with Gasteiger partial charge in [0.05, 0.1) is 0 Å². The lowest BCUT2D eigenvalue weighted by Crippen LogP contribution is -2.56. The molecule has 1 nitrogen and oxygen atoms in total. The molecule has 96 valence electrons. The number of aliphatic hydroxyl groups is 1. The minimum Gasteiger partial charge on any atom is -0.373 e. The van der Waals surface area contributed by atoms with Gasteiger partial charge < -0.3 is 5.11 Å². The molecule has 0 aliphatic carbocycles. The maximum atomic E-state index is 12.1. The van der Waals surface area contributed by atoms with Crippen LogP contribution in [0.25, 0.3) is 0 Å². The largest absolute Gasteiger partial charge is 0.426 e. The summed E-state index contributed by atoms with van der Waals surface area (Å²) in [5.74, 6) is 0.299. The second-order valence-corrected chi connectivity index (χ2v) is 3.49. The monoisotopic (exact) mass is 268 g/mol. The normalized spacial score (nSPS) is 14.8. The summed E-state index contributed by atoms with van der Waals surface area (Å²) in [6.45, 7) is 0. The summed E-state index contributed by atoms with van der Waals surface area (Å²) in [4.78, 5) is 0. The number of rotatable bonds is 4. The molecule has 0 amide bonds. The van der Waals surface area contributed by atoms with Gasteiger partial charge in [0, 0.05) is 6.42 Å². The van der Waals surface area contributed by atoms with E-state index in [0.29, 0.717) is 11.8 Å². The van der Waals surface area contributed by atoms with Crippen LogP contribution in [0.15, 0.2) is 12.2 Å². The summed E-state index contributed by atoms with van der Waals surface area (Å²) in [7, 11) is 0. The van der Waals surface area contributed by atoms with Crippen LogP contribution in [0, 0.1) is 0 Å². The predicted molar refractivity (Wildman–Crippen MR) is 49.3 cm³/mol. The SMILES string of the molecule is OC(C/C=C/CCS)(C(F)(F)F)C(F)(F)F. The van der Waals surface area contributed by atoms with E-state index in [-0.39, 0.29) is 6.42 Å². The van der Waals surface area contributed by atoms with Crippen molar-refractivity contribution in [3.63, 3.8) is 0 Å². The lowest BCUT2D eigenvalue weighted by atomic mass is 9.98. The minimum atomic E-state index is -5.75. The molecule has 0 aliphatic rings. The first-order chi connectivity index (χ1) is 7.06. The highest BCUT2D eigenvalue weighted by Gasteiger charge is 2.69. The lowest BCUT2D eigenvalue weighted by Gasteiger charge is -2.31. The Labute approximate surface area is 93.5 Å². The van der Waals surface area contributed by atoms with Crippen molar-refractivity contribution in [3.8, 4) is 0 Å². The fourth-order valence-electron chi connectivity index (χ4n) is 0.838.